The molecule has 3 saturated carbocycles. The fourth-order valence-corrected chi connectivity index (χ4v) is 17.2. The summed E-state index contributed by atoms with van der Waals surface area (Å²) in [5.74, 6) is -6.73. The molecule has 0 radical (unpaired) electrons. The number of carbonyl (C=O) groups is 4. The van der Waals surface area contributed by atoms with Crippen molar-refractivity contribution in [1.82, 2.24) is 9.80 Å². The number of hydrogen-bond donors (Lipinski definition) is 6. The number of fused-ring (bicyclic) bond motifs is 5. The van der Waals surface area contributed by atoms with Crippen molar-refractivity contribution in [3.05, 3.63) is 23.8 Å². The van der Waals surface area contributed by atoms with Gasteiger partial charge >= 0.3 is 17.9 Å². The van der Waals surface area contributed by atoms with E-state index in [2.05, 4.69) is 0 Å². The van der Waals surface area contributed by atoms with Crippen LogP contribution in [0.3, 0.4) is 0 Å². The maximum absolute atomic E-state index is 16.2. The van der Waals surface area contributed by atoms with E-state index < -0.39 is 171 Å². The van der Waals surface area contributed by atoms with Crippen LogP contribution in [0.1, 0.15) is 154 Å². The number of ketones is 1. The molecule has 0 aromatic heterocycles. The summed E-state index contributed by atoms with van der Waals surface area (Å²) < 4.78 is 67.2. The highest BCUT2D eigenvalue weighted by atomic mass is 35.5. The summed E-state index contributed by atoms with van der Waals surface area (Å²) in [4.78, 5) is 57.9. The zero-order valence-electron chi connectivity index (χ0n) is 54.0. The van der Waals surface area contributed by atoms with E-state index in [1.54, 1.807) is 82.4 Å². The van der Waals surface area contributed by atoms with Gasteiger partial charge in [0.05, 0.1) is 65.2 Å². The average Bonchev–Trinajstić information content (AvgIpc) is 1.30. The van der Waals surface area contributed by atoms with E-state index in [4.69, 9.17) is 49.5 Å². The van der Waals surface area contributed by atoms with Crippen LogP contribution in [0.15, 0.2) is 23.8 Å². The number of halogens is 2. The number of cyclic esters (lactones) is 1. The molecule has 86 heavy (non-hydrogen) atoms. The third kappa shape index (κ3) is 12.9. The highest BCUT2D eigenvalue weighted by Crippen LogP contribution is 2.71. The van der Waals surface area contributed by atoms with Gasteiger partial charge in [0.25, 0.3) is 0 Å². The summed E-state index contributed by atoms with van der Waals surface area (Å²) >= 11 is 7.52. The number of likely N-dealkylation sites (N-methyl/N-ethyl adjacent to an activating group) is 2. The second-order valence-electron chi connectivity index (χ2n) is 28.5. The van der Waals surface area contributed by atoms with Gasteiger partial charge in [-0.15, -0.1) is 11.6 Å². The summed E-state index contributed by atoms with van der Waals surface area (Å²) in [6.07, 6.45) is -7.99. The lowest BCUT2D eigenvalue weighted by molar-refractivity contribution is -0.319. The van der Waals surface area contributed by atoms with Gasteiger partial charge in [-0.1, -0.05) is 47.6 Å². The molecule has 27 atom stereocenters. The summed E-state index contributed by atoms with van der Waals surface area (Å²) in [7, 11) is 6.98. The Morgan fingerprint density at radius 3 is 2.16 bits per heavy atom. The number of alkyl halides is 2. The molecule has 492 valence electrons. The number of hydrogen-bond acceptors (Lipinski definition) is 20. The predicted molar refractivity (Wildman–Crippen MR) is 316 cm³/mol. The Kier molecular flexibility index (Phi) is 21.8. The quantitative estimate of drug-likeness (QED) is 0.0525. The van der Waals surface area contributed by atoms with Crippen LogP contribution in [0.2, 0.25) is 0 Å². The van der Waals surface area contributed by atoms with Crippen molar-refractivity contribution in [2.75, 3.05) is 41.4 Å². The zero-order chi connectivity index (χ0) is 64.4. The van der Waals surface area contributed by atoms with Gasteiger partial charge in [0.1, 0.15) is 30.1 Å². The SMILES string of the molecule is CC[C@H]1OC(=O)[C@H](C)[C@@H](O[C@@H]2C[C@](C)(OC)[C@H](O)C(C)O2)[C@H](C)C(O[C@@H]2O[C@H](C)C[C@@H](N(C)C)[C@H]2OC(=O)CCCCOC(=O)[C@@]2(O)[C@H](C)CC3C4C[C@H](F)C5=CC(=O)C=C[C@]5(C)[C@@]4(Cl)[C@@H](O)C[C@@]32C)[C@](C)(O)C[C@@H](C)CN(C)[C@H](C)[C@@H](O)[C@]1(C)O. The number of nitrogens with zero attached hydrogens (tertiary/aromatic N) is 2. The first kappa shape index (κ1) is 70.7. The number of allylic oxidation sites excluding steroid dienone is 4. The van der Waals surface area contributed by atoms with Gasteiger partial charge in [0, 0.05) is 49.3 Å². The maximum atomic E-state index is 16.2. The topological polar surface area (TPSA) is 270 Å². The summed E-state index contributed by atoms with van der Waals surface area (Å²) in [5.41, 5.74) is -9.04. The van der Waals surface area contributed by atoms with Crippen LogP contribution in [-0.4, -0.2) is 219 Å². The molecule has 3 saturated heterocycles. The Labute approximate surface area is 514 Å². The lowest BCUT2D eigenvalue weighted by Gasteiger charge is -2.64. The summed E-state index contributed by atoms with van der Waals surface area (Å²) in [6, 6.07) is -1.09. The van der Waals surface area contributed by atoms with Crippen LogP contribution < -0.4 is 0 Å². The standard InChI is InChI=1S/C64H104ClFN2O18/c1-18-47-62(13,77)52(72)38(7)68(16)32-33(2)29-60(11,76)54(36(5)50(37(6)55(74)83-47)85-49-31-61(12,79-17)53(73)39(8)82-49)86-56-51(45(67(14)15)26-35(4)81-56)84-48(71)21-19-20-24-80-57(75)64(78)34(3)25-41-42-28-44(66)43-27-40(69)22-23-58(43,9)63(42,65)46(70)30-59(41,64)10/h22-23,27,33-39,41-42,44-47,49-54,56,70,72-73,76-78H,18-21,24-26,28-32H2,1-17H3/t33-,34-,35-,36+,37-,38-,39?,41?,42?,44+,45-,46+,47-,49-,50+,51-,52-,53-,54?,56+,58+,59+,60-,61+,62-,63+,64+/m1/s1. The third-order valence-corrected chi connectivity index (χ3v) is 22.9. The molecular formula is C64H104ClFN2O18. The number of ether oxygens (including phenoxy) is 8. The molecule has 6 fully saturated rings. The van der Waals surface area contributed by atoms with Crippen molar-refractivity contribution >= 4 is 35.3 Å². The van der Waals surface area contributed by atoms with E-state index in [-0.39, 0.29) is 75.2 Å². The lowest BCUT2D eigenvalue weighted by Crippen LogP contribution is -2.70. The van der Waals surface area contributed by atoms with Crippen LogP contribution in [0, 0.1) is 46.3 Å². The first-order chi connectivity index (χ1) is 39.8. The van der Waals surface area contributed by atoms with Gasteiger partial charge in [-0.25, -0.2) is 9.18 Å². The molecule has 20 nitrogen and oxygen atoms in total. The molecule has 3 heterocycles. The second-order valence-corrected chi connectivity index (χ2v) is 29.1. The lowest BCUT2D eigenvalue weighted by atomic mass is 9.45. The molecule has 0 amide bonds. The maximum Gasteiger partial charge on any atom is 0.338 e. The van der Waals surface area contributed by atoms with Crippen LogP contribution >= 0.6 is 11.6 Å². The second kappa shape index (κ2) is 26.5. The van der Waals surface area contributed by atoms with Gasteiger partial charge in [-0.05, 0) is 162 Å². The van der Waals surface area contributed by atoms with Crippen LogP contribution in [-0.2, 0) is 57.1 Å². The van der Waals surface area contributed by atoms with E-state index in [1.165, 1.54) is 26.2 Å². The summed E-state index contributed by atoms with van der Waals surface area (Å²) in [6.45, 7) is 22.6. The Bertz CT molecular complexity index is 2490. The first-order valence-electron chi connectivity index (χ1n) is 31.4. The number of rotatable bonds is 14. The minimum atomic E-state index is -2.07. The molecule has 22 heteroatoms. The van der Waals surface area contributed by atoms with Gasteiger partial charge in [0.2, 0.25) is 0 Å². The van der Waals surface area contributed by atoms with Crippen molar-refractivity contribution in [3.8, 4) is 0 Å². The first-order valence-corrected chi connectivity index (χ1v) is 31.8. The highest BCUT2D eigenvalue weighted by molar-refractivity contribution is 6.26. The predicted octanol–water partition coefficient (Wildman–Crippen LogP) is 5.73. The van der Waals surface area contributed by atoms with Crippen molar-refractivity contribution < 1.29 is 92.1 Å². The Balaban J connectivity index is 1.10. The molecule has 0 aromatic rings. The fraction of sp³-hybridized carbons (Fsp3) is 0.875. The number of unbranched alkanes of at least 4 members (excludes halogenated alkanes) is 1. The molecule has 0 spiro atoms. The Morgan fingerprint density at radius 2 is 1.53 bits per heavy atom. The molecule has 0 bridgehead atoms. The Hall–Kier alpha value is -2.74. The number of esters is 3. The van der Waals surface area contributed by atoms with Crippen LogP contribution in [0.5, 0.6) is 0 Å². The van der Waals surface area contributed by atoms with Crippen molar-refractivity contribution in [3.63, 3.8) is 0 Å². The van der Waals surface area contributed by atoms with E-state index in [1.807, 2.05) is 37.7 Å². The molecule has 7 aliphatic rings. The van der Waals surface area contributed by atoms with Crippen molar-refractivity contribution in [2.24, 2.45) is 46.3 Å². The fourth-order valence-electron chi connectivity index (χ4n) is 16.7. The summed E-state index contributed by atoms with van der Waals surface area (Å²) in [5, 5.41) is 72.5. The van der Waals surface area contributed by atoms with Gasteiger partial charge in [0.15, 0.2) is 30.1 Å². The average molecular weight is 1240 g/mol. The minimum absolute atomic E-state index is 0.0456. The molecular weight excluding hydrogens is 1140 g/mol. The normalized spacial score (nSPS) is 48.9. The smallest absolute Gasteiger partial charge is 0.338 e. The number of carbonyl (C=O) groups excluding carboxylic acids is 4. The molecule has 7 rings (SSSR count). The largest absolute Gasteiger partial charge is 0.464 e. The molecule has 4 unspecified atom stereocenters. The van der Waals surface area contributed by atoms with Gasteiger partial charge < -0.3 is 78.3 Å². The molecule has 0 aromatic carbocycles. The van der Waals surface area contributed by atoms with Gasteiger partial charge in [-0.2, -0.15) is 0 Å². The molecule has 6 N–H and O–H groups in total. The van der Waals surface area contributed by atoms with E-state index in [9.17, 15) is 49.8 Å². The molecule has 4 aliphatic carbocycles. The number of aliphatic hydroxyl groups excluding tert-OH is 3. The minimum Gasteiger partial charge on any atom is -0.464 e. The zero-order valence-corrected chi connectivity index (χ0v) is 54.8. The van der Waals surface area contributed by atoms with Crippen molar-refractivity contribution in [1.29, 1.82) is 0 Å². The van der Waals surface area contributed by atoms with E-state index in [0.29, 0.717) is 19.4 Å². The van der Waals surface area contributed by atoms with Crippen LogP contribution in [0.25, 0.3) is 0 Å². The van der Waals surface area contributed by atoms with E-state index in [0.717, 1.165) is 0 Å². The Morgan fingerprint density at radius 1 is 0.872 bits per heavy atom. The number of aliphatic hydroxyl groups is 6. The monoisotopic (exact) mass is 1240 g/mol. The third-order valence-electron chi connectivity index (χ3n) is 22.0. The van der Waals surface area contributed by atoms with Gasteiger partial charge in [-0.3, -0.25) is 14.4 Å². The number of methoxy groups -OCH3 is 1. The van der Waals surface area contributed by atoms with E-state index >= 15 is 4.39 Å². The molecule has 3 aliphatic heterocycles. The highest BCUT2D eigenvalue weighted by Gasteiger charge is 2.76. The van der Waals surface area contributed by atoms with Crippen LogP contribution in [0.4, 0.5) is 4.39 Å². The van der Waals surface area contributed by atoms with Crippen molar-refractivity contribution in [2.45, 2.75) is 267 Å².